The zero-order valence-corrected chi connectivity index (χ0v) is 6.15. The average molecular weight is 126 g/mol. The molecule has 0 atom stereocenters. The van der Waals surface area contributed by atoms with Crippen LogP contribution in [0.2, 0.25) is 0 Å². The monoisotopic (exact) mass is 126 g/mol. The normalized spacial score (nSPS) is 21.8. The van der Waals surface area contributed by atoms with Crippen LogP contribution >= 0.6 is 0 Å². The van der Waals surface area contributed by atoms with Gasteiger partial charge in [-0.2, -0.15) is 0 Å². The van der Waals surface area contributed by atoms with Crippen molar-refractivity contribution < 1.29 is 0 Å². The van der Waals surface area contributed by atoms with Gasteiger partial charge in [0.1, 0.15) is 0 Å². The topological polar surface area (TPSA) is 24.4 Å². The molecule has 1 heterocycles. The van der Waals surface area contributed by atoms with Gasteiger partial charge in [-0.25, -0.2) is 0 Å². The lowest BCUT2D eigenvalue weighted by atomic mass is 9.97. The Kier molecular flexibility index (Phi) is 2.22. The Hall–Kier alpha value is -0.370. The number of hydrogen-bond donors (Lipinski definition) is 1. The molecule has 0 aliphatic carbocycles. The van der Waals surface area contributed by atoms with Crippen molar-refractivity contribution in [2.75, 3.05) is 20.1 Å². The minimum atomic E-state index is 0.869. The third-order valence-corrected chi connectivity index (χ3v) is 1.83. The molecule has 0 spiro atoms. The molecule has 1 saturated heterocycles. The van der Waals surface area contributed by atoms with Gasteiger partial charge in [0.05, 0.1) is 0 Å². The van der Waals surface area contributed by atoms with Crippen LogP contribution < -0.4 is 5.32 Å². The van der Waals surface area contributed by atoms with Crippen LogP contribution in [-0.2, 0) is 0 Å². The summed E-state index contributed by atoms with van der Waals surface area (Å²) >= 11 is 0. The quantitative estimate of drug-likeness (QED) is 0.541. The molecule has 1 fully saturated rings. The smallest absolute Gasteiger partial charge is 0.0276 e. The molecule has 2 nitrogen and oxygen atoms in total. The van der Waals surface area contributed by atoms with Crippen LogP contribution in [0.25, 0.3) is 0 Å². The van der Waals surface area contributed by atoms with Crippen molar-refractivity contribution in [3.05, 3.63) is 0 Å². The van der Waals surface area contributed by atoms with Crippen molar-refractivity contribution in [2.24, 2.45) is 10.9 Å². The number of rotatable bonds is 2. The van der Waals surface area contributed by atoms with Gasteiger partial charge in [0, 0.05) is 12.8 Å². The van der Waals surface area contributed by atoms with Crippen LogP contribution in [-0.4, -0.2) is 25.8 Å². The Morgan fingerprint density at radius 1 is 1.67 bits per heavy atom. The fraction of sp³-hybridized carbons (Fsp3) is 0.857. The molecule has 0 aromatic rings. The van der Waals surface area contributed by atoms with E-state index in [1.165, 1.54) is 25.2 Å². The van der Waals surface area contributed by atoms with Crippen LogP contribution in [0, 0.1) is 5.92 Å². The molecule has 0 unspecified atom stereocenters. The van der Waals surface area contributed by atoms with Gasteiger partial charge in [-0.1, -0.05) is 0 Å². The molecule has 52 valence electrons. The standard InChI is InChI=1S/C7H14N2/c1-6(8-2)3-7-4-9-5-7/h7,9H,3-5H2,1-2H3. The maximum Gasteiger partial charge on any atom is 0.0276 e. The molecular formula is C7H14N2. The van der Waals surface area contributed by atoms with Crippen molar-refractivity contribution >= 4 is 5.71 Å². The third kappa shape index (κ3) is 1.79. The summed E-state index contributed by atoms with van der Waals surface area (Å²) in [6.07, 6.45) is 1.18. The summed E-state index contributed by atoms with van der Waals surface area (Å²) in [6, 6.07) is 0. The second kappa shape index (κ2) is 2.97. The third-order valence-electron chi connectivity index (χ3n) is 1.83. The van der Waals surface area contributed by atoms with Gasteiger partial charge in [0.2, 0.25) is 0 Å². The first kappa shape index (κ1) is 6.75. The number of aliphatic imine (C=N–C) groups is 1. The molecule has 0 amide bonds. The highest BCUT2D eigenvalue weighted by molar-refractivity contribution is 5.82. The van der Waals surface area contributed by atoms with Gasteiger partial charge in [0.15, 0.2) is 0 Å². The zero-order chi connectivity index (χ0) is 6.69. The molecule has 1 aliphatic rings. The van der Waals surface area contributed by atoms with Gasteiger partial charge < -0.3 is 5.32 Å². The van der Waals surface area contributed by atoms with E-state index >= 15 is 0 Å². The first-order valence-corrected chi connectivity index (χ1v) is 3.46. The lowest BCUT2D eigenvalue weighted by Crippen LogP contribution is -2.42. The van der Waals surface area contributed by atoms with Crippen LogP contribution in [0.15, 0.2) is 4.99 Å². The minimum Gasteiger partial charge on any atom is -0.316 e. The van der Waals surface area contributed by atoms with E-state index in [4.69, 9.17) is 0 Å². The summed E-state index contributed by atoms with van der Waals surface area (Å²) in [4.78, 5) is 4.10. The summed E-state index contributed by atoms with van der Waals surface area (Å²) in [5, 5.41) is 3.24. The predicted octanol–water partition coefficient (Wildman–Crippen LogP) is 0.687. The summed E-state index contributed by atoms with van der Waals surface area (Å²) in [5.74, 6) is 0.869. The number of nitrogens with one attached hydrogen (secondary N) is 1. The molecule has 0 radical (unpaired) electrons. The minimum absolute atomic E-state index is 0.869. The average Bonchev–Trinajstić information content (AvgIpc) is 1.78. The Morgan fingerprint density at radius 2 is 2.33 bits per heavy atom. The highest BCUT2D eigenvalue weighted by atomic mass is 14.9. The van der Waals surface area contributed by atoms with E-state index in [-0.39, 0.29) is 0 Å². The fourth-order valence-electron chi connectivity index (χ4n) is 1.00. The molecular weight excluding hydrogens is 112 g/mol. The lowest BCUT2D eigenvalue weighted by molar-refractivity contribution is 0.359. The molecule has 0 saturated carbocycles. The first-order chi connectivity index (χ1) is 4.33. The van der Waals surface area contributed by atoms with Crippen molar-refractivity contribution in [1.29, 1.82) is 0 Å². The van der Waals surface area contributed by atoms with E-state index in [9.17, 15) is 0 Å². The van der Waals surface area contributed by atoms with Gasteiger partial charge in [-0.3, -0.25) is 4.99 Å². The maximum atomic E-state index is 4.10. The van der Waals surface area contributed by atoms with Crippen molar-refractivity contribution in [1.82, 2.24) is 5.32 Å². The Labute approximate surface area is 56.4 Å². The summed E-state index contributed by atoms with van der Waals surface area (Å²) in [5.41, 5.74) is 1.28. The summed E-state index contributed by atoms with van der Waals surface area (Å²) in [6.45, 7) is 4.47. The predicted molar refractivity (Wildman–Crippen MR) is 40.0 cm³/mol. The van der Waals surface area contributed by atoms with E-state index in [0.29, 0.717) is 0 Å². The zero-order valence-electron chi connectivity index (χ0n) is 6.15. The van der Waals surface area contributed by atoms with Gasteiger partial charge >= 0.3 is 0 Å². The molecule has 1 N–H and O–H groups in total. The number of nitrogens with zero attached hydrogens (tertiary/aromatic N) is 1. The largest absolute Gasteiger partial charge is 0.316 e. The SMILES string of the molecule is CN=C(C)CC1CNC1. The van der Waals surface area contributed by atoms with E-state index in [0.717, 1.165) is 5.92 Å². The van der Waals surface area contributed by atoms with Crippen molar-refractivity contribution in [3.63, 3.8) is 0 Å². The van der Waals surface area contributed by atoms with Crippen LogP contribution in [0.4, 0.5) is 0 Å². The Balaban J connectivity index is 2.16. The molecule has 2 heteroatoms. The van der Waals surface area contributed by atoms with E-state index in [2.05, 4.69) is 17.2 Å². The summed E-state index contributed by atoms with van der Waals surface area (Å²) < 4.78 is 0. The van der Waals surface area contributed by atoms with Crippen molar-refractivity contribution in [3.8, 4) is 0 Å². The van der Waals surface area contributed by atoms with Crippen LogP contribution in [0.3, 0.4) is 0 Å². The van der Waals surface area contributed by atoms with Crippen LogP contribution in [0.1, 0.15) is 13.3 Å². The van der Waals surface area contributed by atoms with E-state index in [1.807, 2.05) is 7.05 Å². The second-order valence-corrected chi connectivity index (χ2v) is 2.69. The number of hydrogen-bond acceptors (Lipinski definition) is 2. The molecule has 0 aromatic heterocycles. The van der Waals surface area contributed by atoms with Crippen LogP contribution in [0.5, 0.6) is 0 Å². The molecule has 9 heavy (non-hydrogen) atoms. The van der Waals surface area contributed by atoms with E-state index < -0.39 is 0 Å². The Morgan fingerprint density at radius 3 is 2.67 bits per heavy atom. The highest BCUT2D eigenvalue weighted by Crippen LogP contribution is 2.08. The molecule has 1 rings (SSSR count). The molecule has 0 bridgehead atoms. The lowest BCUT2D eigenvalue weighted by Gasteiger charge is -2.26. The molecule has 0 aromatic carbocycles. The maximum absolute atomic E-state index is 4.10. The van der Waals surface area contributed by atoms with Gasteiger partial charge in [0.25, 0.3) is 0 Å². The van der Waals surface area contributed by atoms with Gasteiger partial charge in [-0.15, -0.1) is 0 Å². The second-order valence-electron chi connectivity index (χ2n) is 2.69. The van der Waals surface area contributed by atoms with Crippen molar-refractivity contribution in [2.45, 2.75) is 13.3 Å². The van der Waals surface area contributed by atoms with Gasteiger partial charge in [-0.05, 0) is 32.4 Å². The fourth-order valence-corrected chi connectivity index (χ4v) is 1.00. The first-order valence-electron chi connectivity index (χ1n) is 3.46. The Bertz CT molecular complexity index is 114. The summed E-state index contributed by atoms with van der Waals surface area (Å²) in [7, 11) is 1.86. The van der Waals surface area contributed by atoms with E-state index in [1.54, 1.807) is 0 Å². The highest BCUT2D eigenvalue weighted by Gasteiger charge is 2.16. The molecule has 1 aliphatic heterocycles.